The lowest BCUT2D eigenvalue weighted by Crippen LogP contribution is -2.33. The maximum Gasteiger partial charge on any atom is 0.128 e. The largest absolute Gasteiger partial charge is 0.496 e. The molecule has 0 N–H and O–H groups in total. The van der Waals surface area contributed by atoms with Gasteiger partial charge in [0.2, 0.25) is 0 Å². The smallest absolute Gasteiger partial charge is 0.128 e. The molecule has 5 nitrogen and oxygen atoms in total. The summed E-state index contributed by atoms with van der Waals surface area (Å²) in [6.45, 7) is 2.21. The van der Waals surface area contributed by atoms with Gasteiger partial charge >= 0.3 is 0 Å². The first-order valence-electron chi connectivity index (χ1n) is 7.01. The molecule has 5 heteroatoms. The van der Waals surface area contributed by atoms with Crippen molar-refractivity contribution in [3.8, 4) is 17.0 Å². The first-order chi connectivity index (χ1) is 9.78. The molecule has 0 bridgehead atoms. The Balaban J connectivity index is 1.86. The summed E-state index contributed by atoms with van der Waals surface area (Å²) in [4.78, 5) is 2.35. The molecule has 2 heterocycles. The lowest BCUT2D eigenvalue weighted by Gasteiger charge is -2.29. The molecule has 1 aromatic carbocycles. The molecule has 1 fully saturated rings. The highest BCUT2D eigenvalue weighted by Crippen LogP contribution is 2.29. The third-order valence-corrected chi connectivity index (χ3v) is 3.87. The Bertz CT molecular complexity index is 581. The number of ether oxygens (including phenoxy) is 1. The fourth-order valence-electron chi connectivity index (χ4n) is 2.79. The van der Waals surface area contributed by atoms with Crippen LogP contribution in [-0.4, -0.2) is 47.1 Å². The second kappa shape index (κ2) is 5.63. The molecule has 1 saturated heterocycles. The molecule has 3 rings (SSSR count). The second-order valence-corrected chi connectivity index (χ2v) is 5.34. The number of methoxy groups -OCH3 is 1. The molecule has 2 aromatic rings. The van der Waals surface area contributed by atoms with E-state index in [1.807, 2.05) is 35.1 Å². The molecule has 1 atom stereocenters. The number of hydrogen-bond donors (Lipinski definition) is 0. The van der Waals surface area contributed by atoms with Crippen molar-refractivity contribution in [2.75, 3.05) is 27.2 Å². The zero-order valence-corrected chi connectivity index (χ0v) is 12.0. The molecule has 20 heavy (non-hydrogen) atoms. The topological polar surface area (TPSA) is 43.2 Å². The minimum absolute atomic E-state index is 0.421. The average Bonchev–Trinajstić information content (AvgIpc) is 2.97. The van der Waals surface area contributed by atoms with Gasteiger partial charge in [-0.2, -0.15) is 0 Å². The number of likely N-dealkylation sites (N-methyl/N-ethyl adjacent to an activating group) is 1. The van der Waals surface area contributed by atoms with Crippen LogP contribution in [0.15, 0.2) is 30.5 Å². The number of benzene rings is 1. The van der Waals surface area contributed by atoms with Gasteiger partial charge in [0.25, 0.3) is 0 Å². The maximum absolute atomic E-state index is 5.39. The van der Waals surface area contributed by atoms with Crippen molar-refractivity contribution >= 4 is 0 Å². The van der Waals surface area contributed by atoms with Crippen LogP contribution in [0.25, 0.3) is 11.3 Å². The van der Waals surface area contributed by atoms with Crippen molar-refractivity contribution in [3.05, 3.63) is 30.5 Å². The lowest BCUT2D eigenvalue weighted by molar-refractivity contribution is 0.201. The van der Waals surface area contributed by atoms with Gasteiger partial charge in [-0.1, -0.05) is 17.3 Å². The summed E-state index contributed by atoms with van der Waals surface area (Å²) < 4.78 is 7.38. The van der Waals surface area contributed by atoms with Gasteiger partial charge in [-0.3, -0.25) is 0 Å². The molecular formula is C15H20N4O. The molecule has 1 unspecified atom stereocenters. The molecule has 0 spiro atoms. The molecule has 0 radical (unpaired) electrons. The summed E-state index contributed by atoms with van der Waals surface area (Å²) in [7, 11) is 3.84. The number of rotatable bonds is 3. The second-order valence-electron chi connectivity index (χ2n) is 5.34. The highest BCUT2D eigenvalue weighted by molar-refractivity contribution is 5.65. The van der Waals surface area contributed by atoms with Crippen LogP contribution >= 0.6 is 0 Å². The van der Waals surface area contributed by atoms with Crippen molar-refractivity contribution in [2.45, 2.75) is 18.9 Å². The standard InChI is InChI=1S/C15H20N4O/c1-18-9-5-6-12(10-18)19-11-14(16-17-19)13-7-3-4-8-15(13)20-2/h3-4,7-8,11-12H,5-6,9-10H2,1-2H3. The van der Waals surface area contributed by atoms with E-state index < -0.39 is 0 Å². The molecule has 0 amide bonds. The Hall–Kier alpha value is -1.88. The number of nitrogens with zero attached hydrogens (tertiary/aromatic N) is 4. The van der Waals surface area contributed by atoms with Crippen LogP contribution in [0.1, 0.15) is 18.9 Å². The number of piperidine rings is 1. The molecule has 1 aliphatic rings. The quantitative estimate of drug-likeness (QED) is 0.859. The predicted octanol–water partition coefficient (Wildman–Crippen LogP) is 2.22. The van der Waals surface area contributed by atoms with Gasteiger partial charge in [0.05, 0.1) is 19.3 Å². The van der Waals surface area contributed by atoms with Gasteiger partial charge in [-0.05, 0) is 38.6 Å². The van der Waals surface area contributed by atoms with Crippen LogP contribution in [0.2, 0.25) is 0 Å². The summed E-state index contributed by atoms with van der Waals surface area (Å²) in [5, 5.41) is 8.62. The highest BCUT2D eigenvalue weighted by atomic mass is 16.5. The monoisotopic (exact) mass is 272 g/mol. The zero-order valence-electron chi connectivity index (χ0n) is 12.0. The van der Waals surface area contributed by atoms with Gasteiger partial charge in [0.1, 0.15) is 11.4 Å². The van der Waals surface area contributed by atoms with Crippen LogP contribution in [0.3, 0.4) is 0 Å². The molecular weight excluding hydrogens is 252 g/mol. The minimum Gasteiger partial charge on any atom is -0.496 e. The Morgan fingerprint density at radius 1 is 1.30 bits per heavy atom. The highest BCUT2D eigenvalue weighted by Gasteiger charge is 2.20. The van der Waals surface area contributed by atoms with Gasteiger partial charge < -0.3 is 9.64 Å². The van der Waals surface area contributed by atoms with Crippen LogP contribution < -0.4 is 4.74 Å². The number of hydrogen-bond acceptors (Lipinski definition) is 4. The molecule has 1 aromatic heterocycles. The maximum atomic E-state index is 5.39. The minimum atomic E-state index is 0.421. The third-order valence-electron chi connectivity index (χ3n) is 3.87. The molecule has 0 saturated carbocycles. The van der Waals surface area contributed by atoms with Crippen LogP contribution in [-0.2, 0) is 0 Å². The number of aromatic nitrogens is 3. The Morgan fingerprint density at radius 2 is 2.15 bits per heavy atom. The Labute approximate surface area is 119 Å². The number of para-hydroxylation sites is 1. The van der Waals surface area contributed by atoms with Gasteiger partial charge in [0, 0.05) is 12.1 Å². The summed E-state index contributed by atoms with van der Waals surface area (Å²) >= 11 is 0. The summed E-state index contributed by atoms with van der Waals surface area (Å²) in [6.07, 6.45) is 4.41. The molecule has 0 aliphatic carbocycles. The van der Waals surface area contributed by atoms with E-state index in [0.717, 1.165) is 23.6 Å². The van der Waals surface area contributed by atoms with E-state index in [0.29, 0.717) is 6.04 Å². The Kier molecular flexibility index (Phi) is 3.69. The van der Waals surface area contributed by atoms with Crippen molar-refractivity contribution in [1.29, 1.82) is 0 Å². The van der Waals surface area contributed by atoms with E-state index in [1.54, 1.807) is 7.11 Å². The van der Waals surface area contributed by atoms with Gasteiger partial charge in [-0.15, -0.1) is 5.10 Å². The van der Waals surface area contributed by atoms with E-state index in [2.05, 4.69) is 22.3 Å². The van der Waals surface area contributed by atoms with E-state index in [-0.39, 0.29) is 0 Å². The first-order valence-corrected chi connectivity index (χ1v) is 7.01. The predicted molar refractivity (Wildman–Crippen MR) is 77.8 cm³/mol. The van der Waals surface area contributed by atoms with E-state index in [1.165, 1.54) is 19.4 Å². The van der Waals surface area contributed by atoms with Crippen molar-refractivity contribution in [1.82, 2.24) is 19.9 Å². The normalized spacial score (nSPS) is 20.0. The van der Waals surface area contributed by atoms with E-state index in [9.17, 15) is 0 Å². The fraction of sp³-hybridized carbons (Fsp3) is 0.467. The van der Waals surface area contributed by atoms with Gasteiger partial charge in [-0.25, -0.2) is 4.68 Å². The van der Waals surface area contributed by atoms with E-state index >= 15 is 0 Å². The summed E-state index contributed by atoms with van der Waals surface area (Å²) in [5.74, 6) is 0.834. The molecule has 1 aliphatic heterocycles. The Morgan fingerprint density at radius 3 is 2.95 bits per heavy atom. The summed E-state index contributed by atoms with van der Waals surface area (Å²) in [5.41, 5.74) is 1.86. The average molecular weight is 272 g/mol. The van der Waals surface area contributed by atoms with Crippen LogP contribution in [0.4, 0.5) is 0 Å². The first kappa shape index (κ1) is 13.1. The zero-order chi connectivity index (χ0) is 13.9. The molecule has 106 valence electrons. The van der Waals surface area contributed by atoms with Crippen molar-refractivity contribution < 1.29 is 4.74 Å². The van der Waals surface area contributed by atoms with E-state index in [4.69, 9.17) is 4.74 Å². The SMILES string of the molecule is COc1ccccc1-c1cn(C2CCCN(C)C2)nn1. The summed E-state index contributed by atoms with van der Waals surface area (Å²) in [6, 6.07) is 8.33. The van der Waals surface area contributed by atoms with Crippen molar-refractivity contribution in [3.63, 3.8) is 0 Å². The number of likely N-dealkylation sites (tertiary alicyclic amines) is 1. The lowest BCUT2D eigenvalue weighted by atomic mass is 10.1. The fourth-order valence-corrected chi connectivity index (χ4v) is 2.79. The van der Waals surface area contributed by atoms with Crippen LogP contribution in [0.5, 0.6) is 5.75 Å². The van der Waals surface area contributed by atoms with Gasteiger partial charge in [0.15, 0.2) is 0 Å². The van der Waals surface area contributed by atoms with Crippen molar-refractivity contribution in [2.24, 2.45) is 0 Å². The van der Waals surface area contributed by atoms with Crippen LogP contribution in [0, 0.1) is 0 Å². The third kappa shape index (κ3) is 2.54.